The van der Waals surface area contributed by atoms with Gasteiger partial charge in [0.25, 0.3) is 5.91 Å². The standard InChI is InChI=1S/C29H37N3O/c30-22-26(29(33)32-27-20-14-6-4-2-1-3-5-7-15-21-27)23-31-28(24-16-10-8-11-17-24)25-18-12-9-13-19-25/h8-13,16-19,23,27-28,31H,1-7,14-15,20-21H2,(H,32,33)/b26-23-. The molecule has 174 valence electrons. The highest BCUT2D eigenvalue weighted by Gasteiger charge is 2.18. The van der Waals surface area contributed by atoms with Crippen molar-refractivity contribution in [2.24, 2.45) is 0 Å². The Labute approximate surface area is 199 Å². The van der Waals surface area contributed by atoms with Crippen LogP contribution in [0, 0.1) is 11.3 Å². The normalized spacial score (nSPS) is 16.8. The molecule has 2 N–H and O–H groups in total. The van der Waals surface area contributed by atoms with Gasteiger partial charge >= 0.3 is 0 Å². The van der Waals surface area contributed by atoms with Crippen LogP contribution in [0.15, 0.2) is 72.4 Å². The Hall–Kier alpha value is -3.06. The van der Waals surface area contributed by atoms with Gasteiger partial charge in [-0.15, -0.1) is 0 Å². The SMILES string of the molecule is N#C/C(=C/NC(c1ccccc1)c1ccccc1)C(=O)NC1CCCCCCCCCCC1. The molecule has 0 saturated heterocycles. The Bertz CT molecular complexity index is 850. The van der Waals surface area contributed by atoms with E-state index in [0.717, 1.165) is 36.8 Å². The highest BCUT2D eigenvalue weighted by Crippen LogP contribution is 2.22. The fourth-order valence-electron chi connectivity index (χ4n) is 4.56. The lowest BCUT2D eigenvalue weighted by Crippen LogP contribution is -2.36. The molecule has 0 unspecified atom stereocenters. The minimum Gasteiger partial charge on any atom is -0.379 e. The molecule has 0 aliphatic heterocycles. The number of nitrogens with one attached hydrogen (secondary N) is 2. The van der Waals surface area contributed by atoms with Gasteiger partial charge in [-0.05, 0) is 24.0 Å². The van der Waals surface area contributed by atoms with E-state index in [1.165, 1.54) is 44.9 Å². The molecular formula is C29H37N3O. The summed E-state index contributed by atoms with van der Waals surface area (Å²) in [7, 11) is 0. The van der Waals surface area contributed by atoms with Crippen LogP contribution >= 0.6 is 0 Å². The van der Waals surface area contributed by atoms with Gasteiger partial charge in [-0.3, -0.25) is 4.79 Å². The summed E-state index contributed by atoms with van der Waals surface area (Å²) in [6.45, 7) is 0. The monoisotopic (exact) mass is 443 g/mol. The molecular weight excluding hydrogens is 406 g/mol. The summed E-state index contributed by atoms with van der Waals surface area (Å²) in [6, 6.07) is 22.3. The van der Waals surface area contributed by atoms with Gasteiger partial charge in [0.15, 0.2) is 0 Å². The smallest absolute Gasteiger partial charge is 0.263 e. The second-order valence-corrected chi connectivity index (χ2v) is 9.02. The molecule has 1 saturated carbocycles. The van der Waals surface area contributed by atoms with E-state index in [4.69, 9.17) is 0 Å². The maximum Gasteiger partial charge on any atom is 0.263 e. The molecule has 33 heavy (non-hydrogen) atoms. The molecule has 0 bridgehead atoms. The number of carbonyl (C=O) groups excluding carboxylic acids is 1. The zero-order valence-electron chi connectivity index (χ0n) is 19.6. The summed E-state index contributed by atoms with van der Waals surface area (Å²) in [4.78, 5) is 13.0. The molecule has 1 aliphatic rings. The Morgan fingerprint density at radius 2 is 1.24 bits per heavy atom. The van der Waals surface area contributed by atoms with Crippen LogP contribution in [0.25, 0.3) is 0 Å². The average Bonchev–Trinajstić information content (AvgIpc) is 2.84. The molecule has 1 fully saturated rings. The minimum absolute atomic E-state index is 0.123. The van der Waals surface area contributed by atoms with Crippen LogP contribution in [0.2, 0.25) is 0 Å². The topological polar surface area (TPSA) is 64.9 Å². The van der Waals surface area contributed by atoms with Crippen LogP contribution in [-0.2, 0) is 4.79 Å². The molecule has 0 spiro atoms. The number of carbonyl (C=O) groups is 1. The van der Waals surface area contributed by atoms with Crippen LogP contribution in [0.3, 0.4) is 0 Å². The third-order valence-corrected chi connectivity index (χ3v) is 6.47. The highest BCUT2D eigenvalue weighted by molar-refractivity contribution is 5.97. The van der Waals surface area contributed by atoms with E-state index < -0.39 is 0 Å². The van der Waals surface area contributed by atoms with Crippen molar-refractivity contribution in [1.82, 2.24) is 10.6 Å². The van der Waals surface area contributed by atoms with Crippen molar-refractivity contribution in [2.75, 3.05) is 0 Å². The molecule has 3 rings (SSSR count). The molecule has 0 radical (unpaired) electrons. The van der Waals surface area contributed by atoms with Crippen molar-refractivity contribution < 1.29 is 4.79 Å². The average molecular weight is 444 g/mol. The van der Waals surface area contributed by atoms with Crippen LogP contribution in [0.5, 0.6) is 0 Å². The summed E-state index contributed by atoms with van der Waals surface area (Å²) < 4.78 is 0. The van der Waals surface area contributed by atoms with Crippen molar-refractivity contribution in [3.8, 4) is 6.07 Å². The lowest BCUT2D eigenvalue weighted by molar-refractivity contribution is -0.117. The van der Waals surface area contributed by atoms with Crippen molar-refractivity contribution in [2.45, 2.75) is 82.7 Å². The van der Waals surface area contributed by atoms with Crippen molar-refractivity contribution in [3.05, 3.63) is 83.6 Å². The summed E-state index contributed by atoms with van der Waals surface area (Å²) in [5, 5.41) is 16.2. The summed E-state index contributed by atoms with van der Waals surface area (Å²) >= 11 is 0. The van der Waals surface area contributed by atoms with Gasteiger partial charge in [-0.25, -0.2) is 0 Å². The van der Waals surface area contributed by atoms with E-state index in [9.17, 15) is 10.1 Å². The molecule has 4 heteroatoms. The molecule has 1 aliphatic carbocycles. The zero-order chi connectivity index (χ0) is 23.1. The predicted molar refractivity (Wildman–Crippen MR) is 134 cm³/mol. The molecule has 2 aromatic carbocycles. The predicted octanol–water partition coefficient (Wildman–Crippen LogP) is 6.56. The zero-order valence-corrected chi connectivity index (χ0v) is 19.6. The van der Waals surface area contributed by atoms with Crippen LogP contribution in [0.4, 0.5) is 0 Å². The largest absolute Gasteiger partial charge is 0.379 e. The van der Waals surface area contributed by atoms with Crippen molar-refractivity contribution in [1.29, 1.82) is 5.26 Å². The second kappa shape index (κ2) is 14.2. The molecule has 4 nitrogen and oxygen atoms in total. The minimum atomic E-state index is -0.276. The molecule has 2 aromatic rings. The number of nitriles is 1. The van der Waals surface area contributed by atoms with E-state index >= 15 is 0 Å². The number of hydrogen-bond donors (Lipinski definition) is 2. The number of benzene rings is 2. The maximum atomic E-state index is 13.0. The third kappa shape index (κ3) is 8.42. The molecule has 0 aromatic heterocycles. The molecule has 0 heterocycles. The lowest BCUT2D eigenvalue weighted by Gasteiger charge is -2.21. The van der Waals surface area contributed by atoms with Crippen LogP contribution in [-0.4, -0.2) is 11.9 Å². The van der Waals surface area contributed by atoms with Crippen LogP contribution < -0.4 is 10.6 Å². The second-order valence-electron chi connectivity index (χ2n) is 9.02. The van der Waals surface area contributed by atoms with E-state index in [1.807, 2.05) is 36.4 Å². The van der Waals surface area contributed by atoms with E-state index in [-0.39, 0.29) is 23.6 Å². The Morgan fingerprint density at radius 1 is 0.788 bits per heavy atom. The fourth-order valence-corrected chi connectivity index (χ4v) is 4.56. The van der Waals surface area contributed by atoms with E-state index in [0.29, 0.717) is 0 Å². The number of nitrogens with zero attached hydrogens (tertiary/aromatic N) is 1. The highest BCUT2D eigenvalue weighted by atomic mass is 16.1. The van der Waals surface area contributed by atoms with Crippen molar-refractivity contribution >= 4 is 5.91 Å². The van der Waals surface area contributed by atoms with Gasteiger partial charge in [0.2, 0.25) is 0 Å². The summed E-state index contributed by atoms with van der Waals surface area (Å²) in [6.07, 6.45) is 14.9. The molecule has 0 atom stereocenters. The first-order valence-corrected chi connectivity index (χ1v) is 12.5. The van der Waals surface area contributed by atoms with Gasteiger partial charge in [0.05, 0.1) is 6.04 Å². The van der Waals surface area contributed by atoms with Gasteiger partial charge in [0, 0.05) is 12.2 Å². The molecule has 1 amide bonds. The number of rotatable bonds is 6. The van der Waals surface area contributed by atoms with E-state index in [1.54, 1.807) is 6.20 Å². The van der Waals surface area contributed by atoms with Gasteiger partial charge in [-0.1, -0.05) is 118 Å². The van der Waals surface area contributed by atoms with Gasteiger partial charge in [-0.2, -0.15) is 5.26 Å². The fraction of sp³-hybridized carbons (Fsp3) is 0.448. The quantitative estimate of drug-likeness (QED) is 0.392. The first-order chi connectivity index (χ1) is 16.3. The first kappa shape index (κ1) is 24.6. The first-order valence-electron chi connectivity index (χ1n) is 12.5. The number of hydrogen-bond acceptors (Lipinski definition) is 3. The third-order valence-electron chi connectivity index (χ3n) is 6.47. The van der Waals surface area contributed by atoms with Crippen LogP contribution in [0.1, 0.15) is 87.8 Å². The van der Waals surface area contributed by atoms with Crippen molar-refractivity contribution in [3.63, 3.8) is 0 Å². The Kier molecular flexibility index (Phi) is 10.5. The Morgan fingerprint density at radius 3 is 1.70 bits per heavy atom. The van der Waals surface area contributed by atoms with E-state index in [2.05, 4.69) is 41.0 Å². The lowest BCUT2D eigenvalue weighted by atomic mass is 9.97. The maximum absolute atomic E-state index is 13.0. The van der Waals surface area contributed by atoms with Gasteiger partial charge in [0.1, 0.15) is 11.6 Å². The summed E-state index contributed by atoms with van der Waals surface area (Å²) in [5.74, 6) is -0.276. The summed E-state index contributed by atoms with van der Waals surface area (Å²) in [5.41, 5.74) is 2.28. The Balaban J connectivity index is 1.67. The van der Waals surface area contributed by atoms with Gasteiger partial charge < -0.3 is 10.6 Å². The number of amides is 1.